The van der Waals surface area contributed by atoms with Crippen molar-refractivity contribution in [2.45, 2.75) is 26.3 Å². The molecule has 0 N–H and O–H groups in total. The van der Waals surface area contributed by atoms with Gasteiger partial charge >= 0.3 is 0 Å². The summed E-state index contributed by atoms with van der Waals surface area (Å²) in [5.74, 6) is 0.969. The summed E-state index contributed by atoms with van der Waals surface area (Å²) in [6.45, 7) is 8.34. The SMILES string of the molecule is CC(C)c1c(C(=O)N2CCN(Cc3ccccc3)CC2)cnn1-c1ccccn1. The molecule has 1 aliphatic rings. The first-order valence-electron chi connectivity index (χ1n) is 10.2. The fourth-order valence-electron chi connectivity index (χ4n) is 3.86. The van der Waals surface area contributed by atoms with Gasteiger partial charge in [0.15, 0.2) is 5.82 Å². The van der Waals surface area contributed by atoms with Crippen LogP contribution in [-0.4, -0.2) is 56.7 Å². The Balaban J connectivity index is 1.47. The van der Waals surface area contributed by atoms with E-state index in [1.807, 2.05) is 29.2 Å². The maximum atomic E-state index is 13.3. The van der Waals surface area contributed by atoms with Gasteiger partial charge in [-0.3, -0.25) is 9.69 Å². The molecule has 3 heterocycles. The largest absolute Gasteiger partial charge is 0.336 e. The first-order chi connectivity index (χ1) is 14.1. The van der Waals surface area contributed by atoms with Gasteiger partial charge in [-0.15, -0.1) is 0 Å². The summed E-state index contributed by atoms with van der Waals surface area (Å²) in [4.78, 5) is 22.0. The van der Waals surface area contributed by atoms with Crippen molar-refractivity contribution >= 4 is 5.91 Å². The fraction of sp³-hybridized carbons (Fsp3) is 0.348. The number of pyridine rings is 1. The van der Waals surface area contributed by atoms with Crippen LogP contribution in [0.2, 0.25) is 0 Å². The number of nitrogens with zero attached hydrogens (tertiary/aromatic N) is 5. The van der Waals surface area contributed by atoms with Crippen LogP contribution >= 0.6 is 0 Å². The summed E-state index contributed by atoms with van der Waals surface area (Å²) in [6.07, 6.45) is 3.44. The number of amides is 1. The van der Waals surface area contributed by atoms with Crippen LogP contribution in [0.3, 0.4) is 0 Å². The van der Waals surface area contributed by atoms with Gasteiger partial charge in [0, 0.05) is 38.9 Å². The molecule has 0 bridgehead atoms. The van der Waals surface area contributed by atoms with E-state index in [0.717, 1.165) is 44.2 Å². The Bertz CT molecular complexity index is 944. The second-order valence-electron chi connectivity index (χ2n) is 7.75. The normalized spacial score (nSPS) is 15.1. The summed E-state index contributed by atoms with van der Waals surface area (Å²) in [5, 5.41) is 4.49. The zero-order valence-corrected chi connectivity index (χ0v) is 17.0. The monoisotopic (exact) mass is 389 g/mol. The highest BCUT2D eigenvalue weighted by atomic mass is 16.2. The molecule has 4 rings (SSSR count). The fourth-order valence-corrected chi connectivity index (χ4v) is 3.86. The first kappa shape index (κ1) is 19.3. The molecule has 0 radical (unpaired) electrons. The van der Waals surface area contributed by atoms with Crippen molar-refractivity contribution in [2.24, 2.45) is 0 Å². The van der Waals surface area contributed by atoms with E-state index in [2.05, 4.69) is 53.1 Å². The Kier molecular flexibility index (Phi) is 5.71. The average molecular weight is 390 g/mol. The minimum atomic E-state index is 0.0650. The molecule has 150 valence electrons. The number of piperazine rings is 1. The predicted octanol–water partition coefficient (Wildman–Crippen LogP) is 3.35. The van der Waals surface area contributed by atoms with Crippen LogP contribution in [0.1, 0.15) is 41.4 Å². The van der Waals surface area contributed by atoms with Crippen LogP contribution in [0.5, 0.6) is 0 Å². The number of benzene rings is 1. The highest BCUT2D eigenvalue weighted by Crippen LogP contribution is 2.24. The van der Waals surface area contributed by atoms with E-state index in [1.165, 1.54) is 5.56 Å². The van der Waals surface area contributed by atoms with Crippen molar-refractivity contribution in [2.75, 3.05) is 26.2 Å². The number of aromatic nitrogens is 3. The minimum absolute atomic E-state index is 0.0650. The van der Waals surface area contributed by atoms with E-state index in [1.54, 1.807) is 17.1 Å². The van der Waals surface area contributed by atoms with E-state index in [4.69, 9.17) is 0 Å². The number of rotatable bonds is 5. The molecule has 0 atom stereocenters. The number of carbonyl (C=O) groups is 1. The number of hydrogen-bond donors (Lipinski definition) is 0. The standard InChI is InChI=1S/C23H27N5O/c1-18(2)22-20(16-25-28(22)21-10-6-7-11-24-21)23(29)27-14-12-26(13-15-27)17-19-8-4-3-5-9-19/h3-11,16,18H,12-15,17H2,1-2H3. The van der Waals surface area contributed by atoms with Crippen LogP contribution in [0.25, 0.3) is 5.82 Å². The second-order valence-corrected chi connectivity index (χ2v) is 7.75. The Morgan fingerprint density at radius 1 is 1.00 bits per heavy atom. The molecular formula is C23H27N5O. The molecule has 0 saturated carbocycles. The van der Waals surface area contributed by atoms with E-state index in [-0.39, 0.29) is 11.8 Å². The molecule has 1 fully saturated rings. The van der Waals surface area contributed by atoms with Gasteiger partial charge in [0.05, 0.1) is 17.5 Å². The summed E-state index contributed by atoms with van der Waals surface area (Å²) in [5.41, 5.74) is 2.91. The van der Waals surface area contributed by atoms with Gasteiger partial charge in [-0.25, -0.2) is 9.67 Å². The van der Waals surface area contributed by atoms with Gasteiger partial charge in [-0.1, -0.05) is 50.2 Å². The van der Waals surface area contributed by atoms with E-state index in [0.29, 0.717) is 5.56 Å². The number of hydrogen-bond acceptors (Lipinski definition) is 4. The Labute approximate surface area is 171 Å². The molecule has 29 heavy (non-hydrogen) atoms. The zero-order valence-electron chi connectivity index (χ0n) is 17.0. The Hall–Kier alpha value is -2.99. The highest BCUT2D eigenvalue weighted by molar-refractivity contribution is 5.95. The smallest absolute Gasteiger partial charge is 0.257 e. The molecule has 6 heteroatoms. The summed E-state index contributed by atoms with van der Waals surface area (Å²) in [7, 11) is 0. The molecule has 2 aromatic heterocycles. The Morgan fingerprint density at radius 2 is 1.72 bits per heavy atom. The van der Waals surface area contributed by atoms with Gasteiger partial charge in [0.2, 0.25) is 0 Å². The molecular weight excluding hydrogens is 362 g/mol. The molecule has 1 saturated heterocycles. The maximum absolute atomic E-state index is 13.3. The lowest BCUT2D eigenvalue weighted by Crippen LogP contribution is -2.48. The zero-order chi connectivity index (χ0) is 20.2. The van der Waals surface area contributed by atoms with Crippen LogP contribution in [0.4, 0.5) is 0 Å². The highest BCUT2D eigenvalue weighted by Gasteiger charge is 2.27. The first-order valence-corrected chi connectivity index (χ1v) is 10.2. The van der Waals surface area contributed by atoms with Crippen LogP contribution in [-0.2, 0) is 6.54 Å². The number of carbonyl (C=O) groups excluding carboxylic acids is 1. The van der Waals surface area contributed by atoms with Crippen molar-refractivity contribution in [3.8, 4) is 5.82 Å². The molecule has 0 spiro atoms. The lowest BCUT2D eigenvalue weighted by molar-refractivity contribution is 0.0627. The van der Waals surface area contributed by atoms with E-state index >= 15 is 0 Å². The molecule has 0 aliphatic carbocycles. The van der Waals surface area contributed by atoms with Gasteiger partial charge in [-0.05, 0) is 23.6 Å². The molecule has 1 aromatic carbocycles. The van der Waals surface area contributed by atoms with Gasteiger partial charge in [0.25, 0.3) is 5.91 Å². The van der Waals surface area contributed by atoms with Crippen molar-refractivity contribution in [3.63, 3.8) is 0 Å². The molecule has 6 nitrogen and oxygen atoms in total. The predicted molar refractivity (Wildman–Crippen MR) is 113 cm³/mol. The van der Waals surface area contributed by atoms with Crippen molar-refractivity contribution < 1.29 is 4.79 Å². The summed E-state index contributed by atoms with van der Waals surface area (Å²) < 4.78 is 1.80. The topological polar surface area (TPSA) is 54.3 Å². The molecule has 3 aromatic rings. The van der Waals surface area contributed by atoms with Crippen LogP contribution < -0.4 is 0 Å². The summed E-state index contributed by atoms with van der Waals surface area (Å²) >= 11 is 0. The van der Waals surface area contributed by atoms with Gasteiger partial charge in [0.1, 0.15) is 0 Å². The molecule has 1 aliphatic heterocycles. The summed E-state index contributed by atoms with van der Waals surface area (Å²) in [6, 6.07) is 16.2. The van der Waals surface area contributed by atoms with Crippen LogP contribution in [0.15, 0.2) is 60.9 Å². The average Bonchev–Trinajstić information content (AvgIpc) is 3.21. The van der Waals surface area contributed by atoms with Crippen LogP contribution in [0, 0.1) is 0 Å². The van der Waals surface area contributed by atoms with Crippen molar-refractivity contribution in [3.05, 3.63) is 77.7 Å². The van der Waals surface area contributed by atoms with E-state index < -0.39 is 0 Å². The second kappa shape index (κ2) is 8.57. The lowest BCUT2D eigenvalue weighted by atomic mass is 10.0. The lowest BCUT2D eigenvalue weighted by Gasteiger charge is -2.34. The van der Waals surface area contributed by atoms with E-state index in [9.17, 15) is 4.79 Å². The molecule has 1 amide bonds. The third-order valence-corrected chi connectivity index (χ3v) is 5.36. The van der Waals surface area contributed by atoms with Gasteiger partial charge < -0.3 is 4.90 Å². The third kappa shape index (κ3) is 4.22. The van der Waals surface area contributed by atoms with Gasteiger partial charge in [-0.2, -0.15) is 5.10 Å². The van der Waals surface area contributed by atoms with Crippen molar-refractivity contribution in [1.29, 1.82) is 0 Å². The maximum Gasteiger partial charge on any atom is 0.257 e. The van der Waals surface area contributed by atoms with Crippen molar-refractivity contribution in [1.82, 2.24) is 24.6 Å². The minimum Gasteiger partial charge on any atom is -0.336 e. The quantitative estimate of drug-likeness (QED) is 0.672. The Morgan fingerprint density at radius 3 is 2.38 bits per heavy atom. The molecule has 0 unspecified atom stereocenters. The third-order valence-electron chi connectivity index (χ3n) is 5.36.